The minimum Gasteiger partial charge on any atom is -0.374 e. The molecule has 0 aromatic heterocycles. The van der Waals surface area contributed by atoms with Crippen LogP contribution in [0.4, 0.5) is 0 Å². The molecule has 2 unspecified atom stereocenters. The van der Waals surface area contributed by atoms with Crippen LogP contribution in [-0.2, 0) is 11.3 Å². The van der Waals surface area contributed by atoms with E-state index in [-0.39, 0.29) is 0 Å². The van der Waals surface area contributed by atoms with Crippen LogP contribution in [-0.4, -0.2) is 43.3 Å². The number of benzene rings is 1. The van der Waals surface area contributed by atoms with Crippen molar-refractivity contribution in [1.82, 2.24) is 10.2 Å². The molecule has 114 valence electrons. The SMILES string of the molecule is c1ccc(C2CC2)c(CNCC2CN3CCCC3CO2)c1. The summed E-state index contributed by atoms with van der Waals surface area (Å²) in [4.78, 5) is 2.62. The van der Waals surface area contributed by atoms with Gasteiger partial charge < -0.3 is 10.1 Å². The maximum atomic E-state index is 6.02. The molecule has 2 atom stereocenters. The summed E-state index contributed by atoms with van der Waals surface area (Å²) >= 11 is 0. The van der Waals surface area contributed by atoms with Gasteiger partial charge >= 0.3 is 0 Å². The Kier molecular flexibility index (Phi) is 3.97. The summed E-state index contributed by atoms with van der Waals surface area (Å²) < 4.78 is 6.02. The van der Waals surface area contributed by atoms with Gasteiger partial charge in [-0.15, -0.1) is 0 Å². The molecule has 2 saturated heterocycles. The maximum Gasteiger partial charge on any atom is 0.0827 e. The van der Waals surface area contributed by atoms with Crippen molar-refractivity contribution in [3.8, 4) is 0 Å². The third-order valence-electron chi connectivity index (χ3n) is 5.22. The first-order chi connectivity index (χ1) is 10.4. The smallest absolute Gasteiger partial charge is 0.0827 e. The molecule has 1 saturated carbocycles. The predicted molar refractivity (Wildman–Crippen MR) is 84.5 cm³/mol. The number of hydrogen-bond donors (Lipinski definition) is 1. The Bertz CT molecular complexity index is 486. The lowest BCUT2D eigenvalue weighted by atomic mass is 10.0. The second-order valence-corrected chi connectivity index (χ2v) is 6.85. The fraction of sp³-hybridized carbons (Fsp3) is 0.667. The zero-order chi connectivity index (χ0) is 14.1. The Morgan fingerprint density at radius 2 is 2.10 bits per heavy atom. The monoisotopic (exact) mass is 286 g/mol. The van der Waals surface area contributed by atoms with Crippen molar-refractivity contribution in [3.63, 3.8) is 0 Å². The van der Waals surface area contributed by atoms with E-state index in [0.717, 1.165) is 32.2 Å². The number of nitrogens with zero attached hydrogens (tertiary/aromatic N) is 1. The lowest BCUT2D eigenvalue weighted by molar-refractivity contribution is -0.0470. The van der Waals surface area contributed by atoms with Gasteiger partial charge in [0.15, 0.2) is 0 Å². The second kappa shape index (κ2) is 6.07. The highest BCUT2D eigenvalue weighted by molar-refractivity contribution is 5.33. The molecule has 3 nitrogen and oxygen atoms in total. The van der Waals surface area contributed by atoms with E-state index in [1.165, 1.54) is 37.8 Å². The Labute approximate surface area is 127 Å². The molecule has 0 spiro atoms. The minimum absolute atomic E-state index is 0.368. The lowest BCUT2D eigenvalue weighted by Crippen LogP contribution is -2.49. The average molecular weight is 286 g/mol. The Hall–Kier alpha value is -0.900. The molecule has 2 heterocycles. The molecule has 0 bridgehead atoms. The molecule has 1 aromatic rings. The topological polar surface area (TPSA) is 24.5 Å². The predicted octanol–water partition coefficient (Wildman–Crippen LogP) is 2.52. The van der Waals surface area contributed by atoms with E-state index >= 15 is 0 Å². The van der Waals surface area contributed by atoms with E-state index < -0.39 is 0 Å². The molecule has 4 rings (SSSR count). The molecular weight excluding hydrogens is 260 g/mol. The van der Waals surface area contributed by atoms with Crippen molar-refractivity contribution in [3.05, 3.63) is 35.4 Å². The van der Waals surface area contributed by atoms with Crippen LogP contribution in [0.2, 0.25) is 0 Å². The number of hydrogen-bond acceptors (Lipinski definition) is 3. The third-order valence-corrected chi connectivity index (χ3v) is 5.22. The molecule has 3 fully saturated rings. The normalized spacial score (nSPS) is 29.5. The molecule has 1 N–H and O–H groups in total. The van der Waals surface area contributed by atoms with Crippen molar-refractivity contribution < 1.29 is 4.74 Å². The average Bonchev–Trinajstić information content (AvgIpc) is 3.25. The van der Waals surface area contributed by atoms with Crippen molar-refractivity contribution in [1.29, 1.82) is 0 Å². The quantitative estimate of drug-likeness (QED) is 0.900. The number of fused-ring (bicyclic) bond motifs is 1. The summed E-state index contributed by atoms with van der Waals surface area (Å²) in [6, 6.07) is 9.63. The summed E-state index contributed by atoms with van der Waals surface area (Å²) in [5, 5.41) is 3.62. The molecule has 1 aliphatic carbocycles. The maximum absolute atomic E-state index is 6.02. The molecule has 2 aliphatic heterocycles. The Balaban J connectivity index is 1.28. The van der Waals surface area contributed by atoms with Crippen molar-refractivity contribution in [2.75, 3.05) is 26.2 Å². The van der Waals surface area contributed by atoms with E-state index in [4.69, 9.17) is 4.74 Å². The fourth-order valence-electron chi connectivity index (χ4n) is 3.86. The summed E-state index contributed by atoms with van der Waals surface area (Å²) in [5.41, 5.74) is 3.05. The first-order valence-electron chi connectivity index (χ1n) is 8.54. The first kappa shape index (κ1) is 13.7. The van der Waals surface area contributed by atoms with Gasteiger partial charge in [-0.2, -0.15) is 0 Å². The molecular formula is C18H26N2O. The molecule has 0 amide bonds. The minimum atomic E-state index is 0.368. The van der Waals surface area contributed by atoms with Crippen LogP contribution in [0.25, 0.3) is 0 Å². The zero-order valence-electron chi connectivity index (χ0n) is 12.8. The fourth-order valence-corrected chi connectivity index (χ4v) is 3.86. The van der Waals surface area contributed by atoms with Crippen molar-refractivity contribution in [2.24, 2.45) is 0 Å². The summed E-state index contributed by atoms with van der Waals surface area (Å²) in [6.45, 7) is 5.28. The second-order valence-electron chi connectivity index (χ2n) is 6.85. The van der Waals surface area contributed by atoms with E-state index in [0.29, 0.717) is 12.1 Å². The van der Waals surface area contributed by atoms with Crippen LogP contribution >= 0.6 is 0 Å². The Morgan fingerprint density at radius 3 is 3.00 bits per heavy atom. The van der Waals surface area contributed by atoms with E-state index in [9.17, 15) is 0 Å². The van der Waals surface area contributed by atoms with Gasteiger partial charge in [-0.1, -0.05) is 24.3 Å². The first-order valence-corrected chi connectivity index (χ1v) is 8.54. The van der Waals surface area contributed by atoms with Crippen LogP contribution in [0, 0.1) is 0 Å². The van der Waals surface area contributed by atoms with Gasteiger partial charge in [-0.05, 0) is 49.3 Å². The number of ether oxygens (including phenoxy) is 1. The van der Waals surface area contributed by atoms with E-state index in [1.54, 1.807) is 5.56 Å². The summed E-state index contributed by atoms with van der Waals surface area (Å²) in [6.07, 6.45) is 5.79. The van der Waals surface area contributed by atoms with Crippen LogP contribution < -0.4 is 5.32 Å². The van der Waals surface area contributed by atoms with Crippen LogP contribution in [0.1, 0.15) is 42.7 Å². The number of nitrogens with one attached hydrogen (secondary N) is 1. The third kappa shape index (κ3) is 3.15. The molecule has 21 heavy (non-hydrogen) atoms. The highest BCUT2D eigenvalue weighted by Gasteiger charge is 2.32. The number of rotatable bonds is 5. The van der Waals surface area contributed by atoms with Gasteiger partial charge in [0.05, 0.1) is 12.7 Å². The number of morpholine rings is 1. The van der Waals surface area contributed by atoms with Crippen molar-refractivity contribution in [2.45, 2.75) is 50.3 Å². The molecule has 3 heteroatoms. The van der Waals surface area contributed by atoms with Gasteiger partial charge in [0, 0.05) is 25.7 Å². The standard InChI is InChI=1S/C18H26N2O/c1-2-6-18(14-7-8-14)15(4-1)10-19-11-17-12-20-9-3-5-16(20)13-21-17/h1-2,4,6,14,16-17,19H,3,5,7-13H2. The molecule has 3 aliphatic rings. The van der Waals surface area contributed by atoms with E-state index in [1.807, 2.05) is 0 Å². The van der Waals surface area contributed by atoms with Crippen LogP contribution in [0.15, 0.2) is 24.3 Å². The zero-order valence-corrected chi connectivity index (χ0v) is 12.8. The van der Waals surface area contributed by atoms with Gasteiger partial charge in [-0.25, -0.2) is 0 Å². The summed E-state index contributed by atoms with van der Waals surface area (Å²) in [7, 11) is 0. The molecule has 0 radical (unpaired) electrons. The van der Waals surface area contributed by atoms with Gasteiger partial charge in [0.25, 0.3) is 0 Å². The van der Waals surface area contributed by atoms with Gasteiger partial charge in [0.1, 0.15) is 0 Å². The van der Waals surface area contributed by atoms with Crippen molar-refractivity contribution >= 4 is 0 Å². The van der Waals surface area contributed by atoms with Gasteiger partial charge in [-0.3, -0.25) is 4.90 Å². The van der Waals surface area contributed by atoms with Crippen LogP contribution in [0.3, 0.4) is 0 Å². The summed E-state index contributed by atoms with van der Waals surface area (Å²) in [5.74, 6) is 0.833. The highest BCUT2D eigenvalue weighted by Crippen LogP contribution is 2.41. The van der Waals surface area contributed by atoms with Crippen LogP contribution in [0.5, 0.6) is 0 Å². The van der Waals surface area contributed by atoms with E-state index in [2.05, 4.69) is 34.5 Å². The van der Waals surface area contributed by atoms with Gasteiger partial charge in [0.2, 0.25) is 0 Å². The largest absolute Gasteiger partial charge is 0.374 e. The molecule has 1 aromatic carbocycles. The Morgan fingerprint density at radius 1 is 1.19 bits per heavy atom. The lowest BCUT2D eigenvalue weighted by Gasteiger charge is -2.35. The highest BCUT2D eigenvalue weighted by atomic mass is 16.5.